The van der Waals surface area contributed by atoms with Crippen molar-refractivity contribution in [2.24, 2.45) is 0 Å². The molecule has 0 saturated carbocycles. The summed E-state index contributed by atoms with van der Waals surface area (Å²) in [4.78, 5) is 0.197. The van der Waals surface area contributed by atoms with Crippen LogP contribution in [-0.4, -0.2) is 34.5 Å². The van der Waals surface area contributed by atoms with E-state index >= 15 is 0 Å². The Kier molecular flexibility index (Phi) is 3.34. The summed E-state index contributed by atoms with van der Waals surface area (Å²) in [6, 6.07) is 4.56. The average Bonchev–Trinajstić information content (AvgIpc) is 2.86. The van der Waals surface area contributed by atoms with Crippen molar-refractivity contribution >= 4 is 10.0 Å². The van der Waals surface area contributed by atoms with E-state index in [-0.39, 0.29) is 17.7 Å². The Morgan fingerprint density at radius 1 is 1.11 bits per heavy atom. The topological polar surface area (TPSA) is 73.9 Å². The molecule has 2 heterocycles. The van der Waals surface area contributed by atoms with E-state index < -0.39 is 10.0 Å². The van der Waals surface area contributed by atoms with Crippen LogP contribution in [0.25, 0.3) is 0 Å². The van der Waals surface area contributed by atoms with Crippen LogP contribution >= 0.6 is 0 Å². The van der Waals surface area contributed by atoms with Gasteiger partial charge in [0.1, 0.15) is 0 Å². The highest BCUT2D eigenvalue weighted by molar-refractivity contribution is 7.89. The minimum absolute atomic E-state index is 0.0656. The van der Waals surface area contributed by atoms with Crippen molar-refractivity contribution in [2.75, 3.05) is 20.0 Å². The quantitative estimate of drug-likeness (QED) is 0.892. The predicted molar refractivity (Wildman–Crippen MR) is 66.7 cm³/mol. The molecule has 0 amide bonds. The van der Waals surface area contributed by atoms with Crippen LogP contribution in [0.1, 0.15) is 12.8 Å². The zero-order chi connectivity index (χ0) is 13.3. The van der Waals surface area contributed by atoms with Crippen LogP contribution in [0.3, 0.4) is 0 Å². The van der Waals surface area contributed by atoms with Crippen molar-refractivity contribution in [1.29, 1.82) is 0 Å². The normalized spacial score (nSPS) is 19.6. The Bertz CT molecular complexity index is 565. The Morgan fingerprint density at radius 3 is 2.63 bits per heavy atom. The molecular weight excluding hydrogens is 270 g/mol. The summed E-state index contributed by atoms with van der Waals surface area (Å²) in [5.74, 6) is 1.04. The molecule has 6 nitrogen and oxygen atoms in total. The summed E-state index contributed by atoms with van der Waals surface area (Å²) in [5, 5.41) is 0. The van der Waals surface area contributed by atoms with Crippen molar-refractivity contribution < 1.29 is 22.6 Å². The summed E-state index contributed by atoms with van der Waals surface area (Å²) in [7, 11) is -3.52. The van der Waals surface area contributed by atoms with Crippen LogP contribution in [0.5, 0.6) is 11.5 Å². The third kappa shape index (κ3) is 2.68. The lowest BCUT2D eigenvalue weighted by Crippen LogP contribution is -2.38. The molecular formula is C12H15NO5S. The molecule has 0 bridgehead atoms. The molecule has 1 aromatic rings. The molecule has 1 saturated heterocycles. The van der Waals surface area contributed by atoms with Gasteiger partial charge in [0.15, 0.2) is 11.5 Å². The first kappa shape index (κ1) is 12.7. The van der Waals surface area contributed by atoms with Gasteiger partial charge in [-0.25, -0.2) is 13.1 Å². The number of ether oxygens (including phenoxy) is 3. The molecule has 0 radical (unpaired) electrons. The lowest BCUT2D eigenvalue weighted by molar-refractivity contribution is 0.0832. The lowest BCUT2D eigenvalue weighted by Gasteiger charge is -2.22. The lowest BCUT2D eigenvalue weighted by atomic mass is 10.1. The predicted octanol–water partition coefficient (Wildman–Crippen LogP) is 0.873. The van der Waals surface area contributed by atoms with E-state index in [1.807, 2.05) is 0 Å². The fourth-order valence-corrected chi connectivity index (χ4v) is 3.47. The van der Waals surface area contributed by atoms with Gasteiger partial charge >= 0.3 is 0 Å². The largest absolute Gasteiger partial charge is 0.454 e. The molecule has 7 heteroatoms. The molecule has 0 unspecified atom stereocenters. The summed E-state index contributed by atoms with van der Waals surface area (Å²) >= 11 is 0. The molecule has 0 aromatic heterocycles. The molecule has 19 heavy (non-hydrogen) atoms. The smallest absolute Gasteiger partial charge is 0.240 e. The Hall–Kier alpha value is -1.31. The third-order valence-electron chi connectivity index (χ3n) is 3.20. The minimum atomic E-state index is -3.52. The van der Waals surface area contributed by atoms with Crippen molar-refractivity contribution in [3.8, 4) is 11.5 Å². The summed E-state index contributed by atoms with van der Waals surface area (Å²) < 4.78 is 42.8. The van der Waals surface area contributed by atoms with Gasteiger partial charge in [0, 0.05) is 25.3 Å². The summed E-state index contributed by atoms with van der Waals surface area (Å²) in [5.41, 5.74) is 0. The van der Waals surface area contributed by atoms with E-state index in [1.165, 1.54) is 12.1 Å². The second kappa shape index (κ2) is 4.99. The van der Waals surface area contributed by atoms with Crippen LogP contribution in [0, 0.1) is 0 Å². The van der Waals surface area contributed by atoms with E-state index in [2.05, 4.69) is 4.72 Å². The number of rotatable bonds is 3. The molecule has 0 atom stereocenters. The van der Waals surface area contributed by atoms with E-state index in [0.29, 0.717) is 37.6 Å². The number of nitrogens with one attached hydrogen (secondary N) is 1. The van der Waals surface area contributed by atoms with Crippen molar-refractivity contribution in [2.45, 2.75) is 23.8 Å². The number of fused-ring (bicyclic) bond motifs is 1. The number of sulfonamides is 1. The van der Waals surface area contributed by atoms with Gasteiger partial charge in [0.25, 0.3) is 0 Å². The van der Waals surface area contributed by atoms with Crippen LogP contribution < -0.4 is 14.2 Å². The van der Waals surface area contributed by atoms with Gasteiger partial charge in [-0.15, -0.1) is 0 Å². The molecule has 1 N–H and O–H groups in total. The first-order chi connectivity index (χ1) is 9.15. The average molecular weight is 285 g/mol. The fraction of sp³-hybridized carbons (Fsp3) is 0.500. The van der Waals surface area contributed by atoms with Crippen molar-refractivity contribution in [3.05, 3.63) is 18.2 Å². The summed E-state index contributed by atoms with van der Waals surface area (Å²) in [6.45, 7) is 1.31. The van der Waals surface area contributed by atoms with Crippen LogP contribution in [0.15, 0.2) is 23.1 Å². The maximum absolute atomic E-state index is 12.3. The SMILES string of the molecule is O=S(=O)(NC1CCOCC1)c1ccc2c(c1)OCO2. The van der Waals surface area contributed by atoms with Gasteiger partial charge in [-0.1, -0.05) is 0 Å². The van der Waals surface area contributed by atoms with Gasteiger partial charge < -0.3 is 14.2 Å². The van der Waals surface area contributed by atoms with Crippen LogP contribution in [0.4, 0.5) is 0 Å². The van der Waals surface area contributed by atoms with Crippen LogP contribution in [0.2, 0.25) is 0 Å². The third-order valence-corrected chi connectivity index (χ3v) is 4.72. The minimum Gasteiger partial charge on any atom is -0.454 e. The van der Waals surface area contributed by atoms with E-state index in [9.17, 15) is 8.42 Å². The standard InChI is InChI=1S/C12H15NO5S/c14-19(15,13-9-3-5-16-6-4-9)10-1-2-11-12(7-10)18-8-17-11/h1-2,7,9,13H,3-6,8H2. The van der Waals surface area contributed by atoms with Gasteiger partial charge in [-0.05, 0) is 25.0 Å². The molecule has 1 aromatic carbocycles. The van der Waals surface area contributed by atoms with Crippen molar-refractivity contribution in [3.63, 3.8) is 0 Å². The first-order valence-electron chi connectivity index (χ1n) is 6.15. The fourth-order valence-electron chi connectivity index (χ4n) is 2.15. The second-order valence-electron chi connectivity index (χ2n) is 4.52. The maximum atomic E-state index is 12.3. The van der Waals surface area contributed by atoms with Gasteiger partial charge in [0.2, 0.25) is 16.8 Å². The number of hydrogen-bond donors (Lipinski definition) is 1. The molecule has 3 rings (SSSR count). The highest BCUT2D eigenvalue weighted by atomic mass is 32.2. The second-order valence-corrected chi connectivity index (χ2v) is 6.24. The zero-order valence-electron chi connectivity index (χ0n) is 10.3. The molecule has 0 spiro atoms. The number of benzene rings is 1. The number of hydrogen-bond acceptors (Lipinski definition) is 5. The van der Waals surface area contributed by atoms with Crippen LogP contribution in [-0.2, 0) is 14.8 Å². The summed E-state index contributed by atoms with van der Waals surface area (Å²) in [6.07, 6.45) is 1.40. The van der Waals surface area contributed by atoms with Gasteiger partial charge in [0.05, 0.1) is 4.90 Å². The van der Waals surface area contributed by atoms with Gasteiger partial charge in [-0.3, -0.25) is 0 Å². The monoisotopic (exact) mass is 285 g/mol. The molecule has 2 aliphatic rings. The molecule has 1 fully saturated rings. The highest BCUT2D eigenvalue weighted by Gasteiger charge is 2.24. The zero-order valence-corrected chi connectivity index (χ0v) is 11.1. The highest BCUT2D eigenvalue weighted by Crippen LogP contribution is 2.33. The Balaban J connectivity index is 1.79. The first-order valence-corrected chi connectivity index (χ1v) is 7.63. The molecule has 0 aliphatic carbocycles. The Labute approximate surface area is 111 Å². The molecule has 104 valence electrons. The van der Waals surface area contributed by atoms with E-state index in [1.54, 1.807) is 6.07 Å². The van der Waals surface area contributed by atoms with Gasteiger partial charge in [-0.2, -0.15) is 0 Å². The van der Waals surface area contributed by atoms with E-state index in [4.69, 9.17) is 14.2 Å². The maximum Gasteiger partial charge on any atom is 0.240 e. The Morgan fingerprint density at radius 2 is 1.84 bits per heavy atom. The van der Waals surface area contributed by atoms with E-state index in [0.717, 1.165) is 0 Å². The molecule has 2 aliphatic heterocycles. The van der Waals surface area contributed by atoms with Crippen molar-refractivity contribution in [1.82, 2.24) is 4.72 Å².